The maximum absolute atomic E-state index is 9.12. The Morgan fingerprint density at radius 1 is 0.577 bits per heavy atom. The van der Waals surface area contributed by atoms with Crippen LogP contribution in [0.5, 0.6) is 12.0 Å². The van der Waals surface area contributed by atoms with Crippen LogP contribution in [0.1, 0.15) is 147 Å². The summed E-state index contributed by atoms with van der Waals surface area (Å²) in [6.07, 6.45) is 19.0. The monoisotopic (exact) mass is 1500 g/mol. The first-order valence-corrected chi connectivity index (χ1v) is 37.6. The number of anilines is 3. The van der Waals surface area contributed by atoms with Crippen molar-refractivity contribution in [1.29, 1.82) is 0 Å². The predicted octanol–water partition coefficient (Wildman–Crippen LogP) is 15.2. The van der Waals surface area contributed by atoms with Crippen molar-refractivity contribution in [2.75, 3.05) is 57.3 Å². The Balaban J connectivity index is 0.000000169. The first kappa shape index (κ1) is 79.5. The molecule has 13 aliphatic rings. The van der Waals surface area contributed by atoms with Crippen molar-refractivity contribution < 1.29 is 60.5 Å². The predicted molar refractivity (Wildman–Crippen MR) is 390 cm³/mol. The molecule has 10 saturated carbocycles. The van der Waals surface area contributed by atoms with Gasteiger partial charge >= 0.3 is 41.6 Å². The van der Waals surface area contributed by atoms with Gasteiger partial charge in [-0.2, -0.15) is 44.9 Å². The number of nitrogen functional groups attached to an aromatic ring is 1. The Labute approximate surface area is 633 Å². The Morgan fingerprint density at radius 3 is 1.52 bits per heavy atom. The maximum atomic E-state index is 9.12. The average molecular weight is 1500 g/mol. The molecular weight excluding hydrogens is 1400 g/mol. The van der Waals surface area contributed by atoms with Gasteiger partial charge in [0.1, 0.15) is 0 Å². The molecule has 12 aliphatic carbocycles. The van der Waals surface area contributed by atoms with Gasteiger partial charge in [-0.3, -0.25) is 0 Å². The number of allylic oxidation sites excluding steroid dienone is 1. The van der Waals surface area contributed by atoms with Gasteiger partial charge in [-0.25, -0.2) is 4.98 Å². The largest absolute Gasteiger partial charge is 1.00 e. The molecule has 11 fully saturated rings. The van der Waals surface area contributed by atoms with Crippen LogP contribution in [0.4, 0.5) is 17.3 Å². The van der Waals surface area contributed by atoms with E-state index < -0.39 is 0 Å². The number of halogens is 6. The SMILES string of the molecule is C1CCOC1.CC1(C)[C@H]2CC=C(CO)[C@@H]1C2.CC1(C)[C@H]2CCC(CO)[C@@H]1C2.CC1(C)[C@H]2CCC(COc3nc(Cl)nc(Cl)n3)[C@@H]1C2.CC1(C)[C@H]2CCC(COc3nc(Cl)nc(Nc4ccc5ccsc5c4)n3)[C@@H]1C2.CCO.Clc1nc(Cl)nc(Cl)n1.Nc1ccc2ncsc2c1.[H-].[Na+]. The summed E-state index contributed by atoms with van der Waals surface area (Å²) in [5.41, 5.74) is 13.3. The van der Waals surface area contributed by atoms with Crippen LogP contribution in [0.25, 0.3) is 20.3 Å². The van der Waals surface area contributed by atoms with E-state index in [4.69, 9.17) is 105 Å². The van der Waals surface area contributed by atoms with Gasteiger partial charge in [0.15, 0.2) is 0 Å². The van der Waals surface area contributed by atoms with E-state index in [9.17, 15) is 0 Å². The third kappa shape index (κ3) is 20.4. The summed E-state index contributed by atoms with van der Waals surface area (Å²) in [5.74, 6) is 8.80. The summed E-state index contributed by atoms with van der Waals surface area (Å²) < 4.78 is 18.9. The second-order valence-electron chi connectivity index (χ2n) is 28.9. The van der Waals surface area contributed by atoms with Gasteiger partial charge in [0.25, 0.3) is 0 Å². The van der Waals surface area contributed by atoms with Gasteiger partial charge in [-0.15, -0.1) is 22.7 Å². The minimum atomic E-state index is 0. The number of aliphatic hydroxyl groups excluding tert-OH is 3. The number of benzene rings is 2. The summed E-state index contributed by atoms with van der Waals surface area (Å²) in [7, 11) is 0. The fraction of sp³-hybridized carbons (Fsp3) is 0.629. The van der Waals surface area contributed by atoms with Crippen LogP contribution in [0, 0.1) is 86.8 Å². The van der Waals surface area contributed by atoms with Crippen molar-refractivity contribution in [3.8, 4) is 12.0 Å². The number of ether oxygens (including phenoxy) is 3. The van der Waals surface area contributed by atoms with Crippen LogP contribution in [0.3, 0.4) is 0 Å². The molecule has 8 bridgehead atoms. The smallest absolute Gasteiger partial charge is 1.00 e. The Bertz CT molecular complexity index is 3620. The summed E-state index contributed by atoms with van der Waals surface area (Å²) in [6, 6.07) is 14.5. The van der Waals surface area contributed by atoms with Crippen LogP contribution in [-0.4, -0.2) is 111 Å². The molecule has 1 saturated heterocycles. The zero-order valence-corrected chi connectivity index (χ0v) is 65.6. The number of nitrogens with zero attached hydrogens (tertiary/aromatic N) is 10. The molecule has 27 heteroatoms. The molecule has 6 heterocycles. The van der Waals surface area contributed by atoms with Crippen LogP contribution < -0.4 is 50.1 Å². The second-order valence-corrected chi connectivity index (χ2v) is 32.8. The quantitative estimate of drug-likeness (QED) is 0.0484. The molecule has 20 rings (SSSR count). The summed E-state index contributed by atoms with van der Waals surface area (Å²) >= 11 is 36.8. The van der Waals surface area contributed by atoms with Crippen LogP contribution in [-0.2, 0) is 4.74 Å². The van der Waals surface area contributed by atoms with Gasteiger partial charge in [0.2, 0.25) is 37.6 Å². The zero-order chi connectivity index (χ0) is 69.1. The fourth-order valence-corrected chi connectivity index (χ4v) is 18.9. The molecule has 0 spiro atoms. The molecule has 6 N–H and O–H groups in total. The van der Waals surface area contributed by atoms with Crippen molar-refractivity contribution in [3.63, 3.8) is 0 Å². The van der Waals surface area contributed by atoms with Crippen LogP contribution >= 0.6 is 92.3 Å². The van der Waals surface area contributed by atoms with Crippen LogP contribution in [0.2, 0.25) is 31.7 Å². The molecular formula is C70H95Cl6N12NaO6S2. The van der Waals surface area contributed by atoms with Gasteiger partial charge in [0, 0.05) is 42.5 Å². The number of hydrogen-bond donors (Lipinski definition) is 5. The zero-order valence-electron chi connectivity index (χ0n) is 58.5. The molecule has 18 nitrogen and oxygen atoms in total. The number of nitrogens with one attached hydrogen (secondary N) is 1. The number of fused-ring (bicyclic) bond motifs is 9. The number of nitrogens with two attached hydrogens (primary N) is 1. The average Bonchev–Trinajstić information content (AvgIpc) is 0.804. The van der Waals surface area contributed by atoms with Crippen molar-refractivity contribution in [2.45, 2.75) is 146 Å². The Kier molecular flexibility index (Phi) is 29.4. The number of rotatable bonds is 10. The second kappa shape index (κ2) is 35.8. The molecule has 2 aromatic carbocycles. The van der Waals surface area contributed by atoms with E-state index in [-0.39, 0.29) is 81.9 Å². The van der Waals surface area contributed by atoms with Crippen molar-refractivity contribution in [2.24, 2.45) is 86.8 Å². The van der Waals surface area contributed by atoms with Crippen molar-refractivity contribution in [3.05, 3.63) is 96.7 Å². The number of thiazole rings is 1. The van der Waals surface area contributed by atoms with Crippen molar-refractivity contribution in [1.82, 2.24) is 49.8 Å². The minimum Gasteiger partial charge on any atom is -1.00 e. The van der Waals surface area contributed by atoms with E-state index in [0.29, 0.717) is 77.1 Å². The third-order valence-corrected chi connectivity index (χ3v) is 25.1. The molecule has 11 atom stereocenters. The summed E-state index contributed by atoms with van der Waals surface area (Å²) in [4.78, 5) is 38.8. The van der Waals surface area contributed by atoms with Gasteiger partial charge in [-0.05, 0) is 299 Å². The van der Waals surface area contributed by atoms with E-state index in [1.165, 1.54) is 99.1 Å². The number of aromatic nitrogens is 10. The topological polar surface area (TPSA) is 255 Å². The van der Waals surface area contributed by atoms with Gasteiger partial charge in [0.05, 0.1) is 35.5 Å². The number of hydrogen-bond acceptors (Lipinski definition) is 20. The molecule has 0 amide bonds. The third-order valence-electron chi connectivity index (χ3n) is 22.5. The first-order chi connectivity index (χ1) is 45.7. The van der Waals surface area contributed by atoms with Gasteiger partial charge < -0.3 is 42.0 Å². The fourth-order valence-electron chi connectivity index (χ4n) is 16.2. The standard InChI is InChI=1S/C21H23ClN4OS.C13H17Cl2N3O.C10H18O.C10H16O.C7H6N2S.C4H8O.C3Cl3N3.C2H6O.Na.H/c1-21(2)14-5-3-13(16(21)9-14)11-27-20-25-18(22)24-19(26-20)23-15-6-4-12-7-8-28-17(12)10-15;1-13(2)8-4-3-7(9(13)5-8)6-19-12-17-10(14)16-11(15)18-12;2*1-10(2)8-4-3-7(6-11)9(10)5-8;8-5-1-2-6-7(3-5)10-4-9-6;1-2-4-5-3-1;4-1-7-2(5)9-3(6)8-1;1-2-3;;/h4,6-8,10,13-14,16H,3,5,9,11H2,1-2H3,(H,23,24,25,26);7-9H,3-6H2,1-2H3;7-9,11H,3-6H2,1-2H3;3,8-9,11H,4-6H2,1-2H3;1-4H,8H2;1-4H2;;3H,2H2,1H3;;/q;;;;;;;;+1;-1/t13?,14-,16-;2*7?,8-,9-;8-,9-;;;;;;/m0000....../s1. The van der Waals surface area contributed by atoms with E-state index in [2.05, 4.69) is 140 Å². The number of aliphatic hydroxyl groups is 3. The maximum Gasteiger partial charge on any atom is 1.00 e. The Morgan fingerprint density at radius 2 is 1.07 bits per heavy atom. The summed E-state index contributed by atoms with van der Waals surface area (Å²) in [5, 5.41) is 32.5. The number of thiophene rings is 1. The first-order valence-electron chi connectivity index (χ1n) is 33.6. The van der Waals surface area contributed by atoms with Gasteiger partial charge in [-0.1, -0.05) is 67.5 Å². The molecule has 526 valence electrons. The summed E-state index contributed by atoms with van der Waals surface area (Å²) in [6.45, 7) is 24.8. The van der Waals surface area contributed by atoms with E-state index in [1.54, 1.807) is 29.6 Å². The molecule has 5 aromatic heterocycles. The molecule has 0 radical (unpaired) electrons. The Hall–Kier alpha value is -3.16. The van der Waals surface area contributed by atoms with E-state index in [1.807, 2.05) is 29.8 Å². The molecule has 7 aromatic rings. The van der Waals surface area contributed by atoms with E-state index >= 15 is 0 Å². The molecule has 3 unspecified atom stereocenters. The molecule has 97 heavy (non-hydrogen) atoms. The normalized spacial score (nSPS) is 26.7. The minimum absolute atomic E-state index is 0. The van der Waals surface area contributed by atoms with E-state index in [0.717, 1.165) is 76.2 Å². The van der Waals surface area contributed by atoms with Crippen LogP contribution in [0.15, 0.2) is 65.0 Å². The van der Waals surface area contributed by atoms with Crippen molar-refractivity contribution >= 4 is 130 Å². The molecule has 1 aliphatic heterocycles.